The van der Waals surface area contributed by atoms with Crippen molar-refractivity contribution in [3.8, 4) is 33.6 Å². The molecule has 0 aliphatic carbocycles. The third-order valence-corrected chi connectivity index (χ3v) is 7.12. The molecule has 7 nitrogen and oxygen atoms in total. The Kier molecular flexibility index (Phi) is 5.26. The number of H-pyrrole nitrogens is 2. The number of aromatic amines is 2. The molecular formula is C29H23F2N7. The Hall–Kier alpha value is -4.50. The summed E-state index contributed by atoms with van der Waals surface area (Å²) in [6.07, 6.45) is 8.82. The molecule has 1 fully saturated rings. The monoisotopic (exact) mass is 507 g/mol. The highest BCUT2D eigenvalue weighted by Crippen LogP contribution is 2.35. The number of benzene rings is 1. The zero-order chi connectivity index (χ0) is 25.7. The van der Waals surface area contributed by atoms with E-state index in [2.05, 4.69) is 42.3 Å². The lowest BCUT2D eigenvalue weighted by atomic mass is 10.0. The van der Waals surface area contributed by atoms with Crippen molar-refractivity contribution >= 4 is 21.9 Å². The van der Waals surface area contributed by atoms with Crippen LogP contribution in [0.1, 0.15) is 12.0 Å². The lowest BCUT2D eigenvalue weighted by Gasteiger charge is -2.15. The summed E-state index contributed by atoms with van der Waals surface area (Å²) in [5.74, 6) is -2.61. The molecule has 0 saturated carbocycles. The number of rotatable bonds is 5. The van der Waals surface area contributed by atoms with Crippen molar-refractivity contribution in [3.63, 3.8) is 0 Å². The maximum Gasteiger partial charge on any atom is 0.261 e. The van der Waals surface area contributed by atoms with Crippen molar-refractivity contribution < 1.29 is 8.78 Å². The maximum absolute atomic E-state index is 13.6. The molecular weight excluding hydrogens is 484 g/mol. The van der Waals surface area contributed by atoms with Gasteiger partial charge in [0.1, 0.15) is 11.3 Å². The first kappa shape index (κ1) is 22.7. The van der Waals surface area contributed by atoms with Crippen LogP contribution in [0, 0.1) is 0 Å². The van der Waals surface area contributed by atoms with Gasteiger partial charge in [-0.15, -0.1) is 0 Å². The van der Waals surface area contributed by atoms with Gasteiger partial charge in [-0.3, -0.25) is 20.0 Å². The van der Waals surface area contributed by atoms with Gasteiger partial charge in [-0.1, -0.05) is 6.07 Å². The molecule has 1 aromatic carbocycles. The summed E-state index contributed by atoms with van der Waals surface area (Å²) in [7, 11) is 0. The highest BCUT2D eigenvalue weighted by atomic mass is 19.3. The molecule has 0 amide bonds. The van der Waals surface area contributed by atoms with Crippen molar-refractivity contribution in [1.82, 2.24) is 35.0 Å². The number of halogens is 2. The summed E-state index contributed by atoms with van der Waals surface area (Å²) in [4.78, 5) is 18.3. The average Bonchev–Trinajstić information content (AvgIpc) is 3.64. The van der Waals surface area contributed by atoms with Gasteiger partial charge < -0.3 is 4.98 Å². The van der Waals surface area contributed by atoms with E-state index in [1.807, 2.05) is 36.4 Å². The fraction of sp³-hybridized carbons (Fsp3) is 0.172. The van der Waals surface area contributed by atoms with Gasteiger partial charge in [-0.25, -0.2) is 13.8 Å². The second-order valence-electron chi connectivity index (χ2n) is 9.77. The van der Waals surface area contributed by atoms with Gasteiger partial charge in [-0.2, -0.15) is 5.10 Å². The number of likely N-dealkylation sites (tertiary alicyclic amines) is 1. The Morgan fingerprint density at radius 3 is 2.61 bits per heavy atom. The molecule has 0 unspecified atom stereocenters. The van der Waals surface area contributed by atoms with E-state index in [1.54, 1.807) is 35.9 Å². The van der Waals surface area contributed by atoms with Gasteiger partial charge in [0.25, 0.3) is 5.92 Å². The number of nitrogens with one attached hydrogen (secondary N) is 2. The third kappa shape index (κ3) is 4.10. The Morgan fingerprint density at radius 1 is 0.868 bits per heavy atom. The standard InChI is InChI=1S/C29H23F2N7/c30-29(31)6-10-38(17-29)16-18-11-21(15-33-14-18)20-1-2-25-24(12-20)27(37-36-25)26-13-23-22(5-9-34-28(23)35-26)19-3-7-32-8-4-19/h1-5,7-9,11-15H,6,10,16-17H2,(H,34,35)(H,36,37). The molecule has 1 aliphatic rings. The summed E-state index contributed by atoms with van der Waals surface area (Å²) < 4.78 is 27.3. The predicted molar refractivity (Wildman–Crippen MR) is 142 cm³/mol. The number of aromatic nitrogens is 6. The van der Waals surface area contributed by atoms with E-state index in [9.17, 15) is 8.78 Å². The van der Waals surface area contributed by atoms with Crippen LogP contribution in [0.25, 0.3) is 55.6 Å². The first-order valence-corrected chi connectivity index (χ1v) is 12.4. The zero-order valence-corrected chi connectivity index (χ0v) is 20.3. The van der Waals surface area contributed by atoms with Gasteiger partial charge in [0.15, 0.2) is 0 Å². The predicted octanol–water partition coefficient (Wildman–Crippen LogP) is 6.07. The largest absolute Gasteiger partial charge is 0.338 e. The topological polar surface area (TPSA) is 86.4 Å². The van der Waals surface area contributed by atoms with Crippen molar-refractivity contribution in [3.05, 3.63) is 85.1 Å². The second kappa shape index (κ2) is 8.81. The molecule has 1 saturated heterocycles. The fourth-order valence-electron chi connectivity index (χ4n) is 5.27. The van der Waals surface area contributed by atoms with Crippen LogP contribution in [0.3, 0.4) is 0 Å². The van der Waals surface area contributed by atoms with Gasteiger partial charge in [0.2, 0.25) is 0 Å². The third-order valence-electron chi connectivity index (χ3n) is 7.12. The van der Waals surface area contributed by atoms with Crippen LogP contribution in [0.2, 0.25) is 0 Å². The second-order valence-corrected chi connectivity index (χ2v) is 9.77. The van der Waals surface area contributed by atoms with Gasteiger partial charge >= 0.3 is 0 Å². The molecule has 188 valence electrons. The number of alkyl halides is 2. The fourth-order valence-corrected chi connectivity index (χ4v) is 5.27. The van der Waals surface area contributed by atoms with Gasteiger partial charge in [-0.05, 0) is 64.7 Å². The lowest BCUT2D eigenvalue weighted by molar-refractivity contribution is 0.0115. The van der Waals surface area contributed by atoms with E-state index in [-0.39, 0.29) is 13.0 Å². The molecule has 0 spiro atoms. The minimum absolute atomic E-state index is 0.0899. The minimum atomic E-state index is -2.61. The van der Waals surface area contributed by atoms with E-state index in [4.69, 9.17) is 0 Å². The molecule has 2 N–H and O–H groups in total. The summed E-state index contributed by atoms with van der Waals surface area (Å²) in [6.45, 7) is 0.644. The van der Waals surface area contributed by atoms with Crippen LogP contribution in [0.5, 0.6) is 0 Å². The normalized spacial score (nSPS) is 15.5. The minimum Gasteiger partial charge on any atom is -0.338 e. The molecule has 0 atom stereocenters. The van der Waals surface area contributed by atoms with Gasteiger partial charge in [0.05, 0.1) is 17.8 Å². The highest BCUT2D eigenvalue weighted by molar-refractivity contribution is 6.00. The number of hydrogen-bond acceptors (Lipinski definition) is 5. The Labute approximate surface area is 216 Å². The molecule has 38 heavy (non-hydrogen) atoms. The van der Waals surface area contributed by atoms with Crippen molar-refractivity contribution in [2.24, 2.45) is 0 Å². The summed E-state index contributed by atoms with van der Waals surface area (Å²) in [6, 6.07) is 16.2. The number of nitrogens with zero attached hydrogens (tertiary/aromatic N) is 5. The number of pyridine rings is 3. The van der Waals surface area contributed by atoms with Crippen LogP contribution in [-0.2, 0) is 6.54 Å². The Morgan fingerprint density at radius 2 is 1.76 bits per heavy atom. The van der Waals surface area contributed by atoms with E-state index in [1.165, 1.54) is 0 Å². The molecule has 6 aromatic rings. The first-order valence-electron chi connectivity index (χ1n) is 12.4. The van der Waals surface area contributed by atoms with Crippen molar-refractivity contribution in [1.29, 1.82) is 0 Å². The first-order chi connectivity index (χ1) is 18.5. The van der Waals surface area contributed by atoms with Gasteiger partial charge in [0, 0.05) is 66.8 Å². The smallest absolute Gasteiger partial charge is 0.261 e. The summed E-state index contributed by atoms with van der Waals surface area (Å²) in [5.41, 5.74) is 8.31. The quantitative estimate of drug-likeness (QED) is 0.296. The van der Waals surface area contributed by atoms with Crippen LogP contribution in [-0.4, -0.2) is 54.0 Å². The maximum atomic E-state index is 13.6. The molecule has 1 aliphatic heterocycles. The van der Waals surface area contributed by atoms with Crippen LogP contribution >= 0.6 is 0 Å². The SMILES string of the molecule is FC1(F)CCN(Cc2cncc(-c3ccc4[nH]nc(-c5cc6c(-c7ccncc7)ccnc6[nH]5)c4c3)c2)C1. The lowest BCUT2D eigenvalue weighted by Crippen LogP contribution is -2.24. The highest BCUT2D eigenvalue weighted by Gasteiger charge is 2.37. The Balaban J connectivity index is 1.24. The average molecular weight is 508 g/mol. The van der Waals surface area contributed by atoms with Crippen molar-refractivity contribution in [2.75, 3.05) is 13.1 Å². The van der Waals surface area contributed by atoms with E-state index < -0.39 is 5.92 Å². The van der Waals surface area contributed by atoms with Crippen LogP contribution in [0.4, 0.5) is 8.78 Å². The number of hydrogen-bond donors (Lipinski definition) is 2. The van der Waals surface area contributed by atoms with E-state index in [0.29, 0.717) is 13.1 Å². The van der Waals surface area contributed by atoms with Crippen molar-refractivity contribution in [2.45, 2.75) is 18.9 Å². The molecule has 0 radical (unpaired) electrons. The molecule has 0 bridgehead atoms. The molecule has 5 aromatic heterocycles. The van der Waals surface area contributed by atoms with Crippen LogP contribution < -0.4 is 0 Å². The summed E-state index contributed by atoms with van der Waals surface area (Å²) in [5, 5.41) is 9.71. The number of fused-ring (bicyclic) bond motifs is 2. The molecule has 6 heterocycles. The van der Waals surface area contributed by atoms with E-state index in [0.717, 1.165) is 61.1 Å². The summed E-state index contributed by atoms with van der Waals surface area (Å²) >= 11 is 0. The Bertz CT molecular complexity index is 1770. The zero-order valence-electron chi connectivity index (χ0n) is 20.3. The molecule has 9 heteroatoms. The van der Waals surface area contributed by atoms with Crippen LogP contribution in [0.15, 0.2) is 79.5 Å². The molecule has 7 rings (SSSR count). The van der Waals surface area contributed by atoms with E-state index >= 15 is 0 Å².